The molecule has 0 heterocycles. The third-order valence-electron chi connectivity index (χ3n) is 8.03. The van der Waals surface area contributed by atoms with Gasteiger partial charge in [0, 0.05) is 0 Å². The Kier molecular flexibility index (Phi) is 21.2. The van der Waals surface area contributed by atoms with Gasteiger partial charge in [0.2, 0.25) is 0 Å². The van der Waals surface area contributed by atoms with Crippen LogP contribution >= 0.6 is 0 Å². The summed E-state index contributed by atoms with van der Waals surface area (Å²) in [6, 6.07) is 0. The maximum atomic E-state index is 2.52. The molecule has 0 radical (unpaired) electrons. The predicted octanol–water partition coefficient (Wildman–Crippen LogP) is 4.44. The summed E-state index contributed by atoms with van der Waals surface area (Å²) in [5, 5.41) is 0. The summed E-state index contributed by atoms with van der Waals surface area (Å²) in [4.78, 5) is 0. The van der Waals surface area contributed by atoms with E-state index in [9.17, 15) is 0 Å². The molecule has 0 bridgehead atoms. The van der Waals surface area contributed by atoms with Gasteiger partial charge in [0.1, 0.15) is 0 Å². The molecule has 0 N–H and O–H groups in total. The van der Waals surface area contributed by atoms with Crippen molar-refractivity contribution in [2.45, 2.75) is 129 Å². The van der Waals surface area contributed by atoms with Crippen LogP contribution in [0.1, 0.15) is 129 Å². The molecular weight excluding hydrogens is 546 g/mol. The molecule has 0 aromatic rings. The van der Waals surface area contributed by atoms with E-state index >= 15 is 0 Å². The largest absolute Gasteiger partial charge is 4.00 e. The third kappa shape index (κ3) is 13.0. The van der Waals surface area contributed by atoms with Gasteiger partial charge >= 0.3 is 26.2 Å². The molecule has 35 heavy (non-hydrogen) atoms. The molecule has 196 valence electrons. The molecule has 2 saturated carbocycles. The number of hydrogen-bond donors (Lipinski definition) is 0. The second kappa shape index (κ2) is 21.1. The fraction of sp³-hybridized carbons (Fsp3) is 0.688. The van der Waals surface area contributed by atoms with Crippen molar-refractivity contribution >= 4 is 0 Å². The Hall–Kier alpha value is 0.163. The van der Waals surface area contributed by atoms with Crippen LogP contribution in [0.4, 0.5) is 0 Å². The summed E-state index contributed by atoms with van der Waals surface area (Å²) < 4.78 is 0. The van der Waals surface area contributed by atoms with Crippen molar-refractivity contribution in [3.63, 3.8) is 0 Å². The fourth-order valence-corrected chi connectivity index (χ4v) is 5.93. The average molecular weight is 597 g/mol. The Balaban J connectivity index is 0.000000608. The van der Waals surface area contributed by atoms with Crippen LogP contribution in [0.5, 0.6) is 0 Å². The smallest absolute Gasteiger partial charge is 1.00 e. The summed E-state index contributed by atoms with van der Waals surface area (Å²) in [7, 11) is 0. The second-order valence-electron chi connectivity index (χ2n) is 10.7. The molecule has 0 spiro atoms. The number of halogens is 2. The minimum Gasteiger partial charge on any atom is -1.00 e. The first-order chi connectivity index (χ1) is 15.8. The summed E-state index contributed by atoms with van der Waals surface area (Å²) >= 11 is 0. The Morgan fingerprint density at radius 1 is 0.514 bits per heavy atom. The van der Waals surface area contributed by atoms with Crippen molar-refractivity contribution < 1.29 is 51.0 Å². The van der Waals surface area contributed by atoms with E-state index in [1.807, 2.05) is 0 Å². The van der Waals surface area contributed by atoms with Crippen LogP contribution in [0.25, 0.3) is 0 Å². The Bertz CT molecular complexity index is 615. The van der Waals surface area contributed by atoms with Crippen molar-refractivity contribution in [1.82, 2.24) is 0 Å². The van der Waals surface area contributed by atoms with E-state index in [1.54, 1.807) is 11.1 Å². The van der Waals surface area contributed by atoms with Crippen molar-refractivity contribution in [2.24, 2.45) is 11.8 Å². The number of rotatable bonds is 0. The van der Waals surface area contributed by atoms with E-state index in [4.69, 9.17) is 0 Å². The third-order valence-corrected chi connectivity index (χ3v) is 8.03. The van der Waals surface area contributed by atoms with Gasteiger partial charge in [-0.25, -0.2) is 24.0 Å². The zero-order valence-electron chi connectivity index (χ0n) is 22.6. The minimum absolute atomic E-state index is 0. The molecule has 2 fully saturated rings. The first kappa shape index (κ1) is 35.2. The van der Waals surface area contributed by atoms with E-state index in [0.717, 1.165) is 11.8 Å². The van der Waals surface area contributed by atoms with E-state index < -0.39 is 0 Å². The molecule has 0 aliphatic heterocycles. The van der Waals surface area contributed by atoms with Crippen LogP contribution in [-0.2, 0) is 26.2 Å². The van der Waals surface area contributed by atoms with Crippen molar-refractivity contribution in [3.05, 3.63) is 59.4 Å². The number of allylic oxidation sites excluding steroid dienone is 8. The van der Waals surface area contributed by atoms with Crippen LogP contribution in [0.2, 0.25) is 0 Å². The first-order valence-corrected chi connectivity index (χ1v) is 14.2. The Morgan fingerprint density at radius 2 is 0.829 bits per heavy atom. The predicted molar refractivity (Wildman–Crippen MR) is 142 cm³/mol. The molecule has 0 saturated heterocycles. The maximum absolute atomic E-state index is 2.52. The molecule has 0 amide bonds. The molecule has 0 aromatic carbocycles. The van der Waals surface area contributed by atoms with Crippen molar-refractivity contribution in [3.8, 4) is 0 Å². The van der Waals surface area contributed by atoms with Gasteiger partial charge in [-0.2, -0.15) is 11.1 Å². The topological polar surface area (TPSA) is 0 Å². The average Bonchev–Trinajstić information content (AvgIpc) is 3.30. The Morgan fingerprint density at radius 3 is 1.20 bits per heavy atom. The zero-order valence-corrected chi connectivity index (χ0v) is 26.6. The molecular formula is C32H50Cl2Zr. The van der Waals surface area contributed by atoms with E-state index in [1.165, 1.54) is 127 Å². The van der Waals surface area contributed by atoms with Crippen LogP contribution in [0.3, 0.4) is 0 Å². The van der Waals surface area contributed by atoms with Crippen LogP contribution in [0, 0.1) is 24.7 Å². The van der Waals surface area contributed by atoms with Gasteiger partial charge in [0.05, 0.1) is 0 Å². The van der Waals surface area contributed by atoms with E-state index in [0.29, 0.717) is 0 Å². The summed E-state index contributed by atoms with van der Waals surface area (Å²) in [5.74, 6) is 1.50. The fourth-order valence-electron chi connectivity index (χ4n) is 5.93. The van der Waals surface area contributed by atoms with Gasteiger partial charge in [-0.05, 0) is 24.7 Å². The van der Waals surface area contributed by atoms with Gasteiger partial charge in [-0.3, -0.25) is 0 Å². The monoisotopic (exact) mass is 594 g/mol. The number of hydrogen-bond acceptors (Lipinski definition) is 0. The molecule has 4 aliphatic rings. The van der Waals surface area contributed by atoms with E-state index in [2.05, 4.69) is 51.0 Å². The van der Waals surface area contributed by atoms with Gasteiger partial charge < -0.3 is 24.8 Å². The van der Waals surface area contributed by atoms with Gasteiger partial charge in [-0.1, -0.05) is 102 Å². The van der Waals surface area contributed by atoms with E-state index in [-0.39, 0.29) is 51.0 Å². The number of fused-ring (bicyclic) bond motifs is 2. The summed E-state index contributed by atoms with van der Waals surface area (Å²) in [6.07, 6.45) is 40.0. The van der Waals surface area contributed by atoms with Gasteiger partial charge in [0.25, 0.3) is 0 Å². The molecule has 2 atom stereocenters. The van der Waals surface area contributed by atoms with Crippen LogP contribution in [0.15, 0.2) is 46.6 Å². The minimum atomic E-state index is 0. The van der Waals surface area contributed by atoms with Gasteiger partial charge in [0.15, 0.2) is 0 Å². The Labute approximate surface area is 250 Å². The molecule has 2 unspecified atom stereocenters. The summed E-state index contributed by atoms with van der Waals surface area (Å²) in [6.45, 7) is 4.54. The molecule has 3 heteroatoms. The van der Waals surface area contributed by atoms with Crippen LogP contribution < -0.4 is 24.8 Å². The van der Waals surface area contributed by atoms with Crippen molar-refractivity contribution in [1.29, 1.82) is 0 Å². The molecule has 0 aromatic heterocycles. The molecule has 0 nitrogen and oxygen atoms in total. The normalized spacial score (nSPS) is 25.5. The van der Waals surface area contributed by atoms with Gasteiger partial charge in [-0.15, -0.1) is 38.8 Å². The zero-order chi connectivity index (χ0) is 22.4. The first-order valence-electron chi connectivity index (χ1n) is 14.2. The summed E-state index contributed by atoms with van der Waals surface area (Å²) in [5.41, 5.74) is 6.31. The SMILES string of the molecule is CC1=C2[CH-]CCCCCCCCCC2C=C1.CC1=C2[CH-]CCCCCCCCCC2C=C1.[Cl-].[Cl-].[Zr+4]. The van der Waals surface area contributed by atoms with Crippen LogP contribution in [-0.4, -0.2) is 0 Å². The molecule has 4 aliphatic carbocycles. The molecule has 4 rings (SSSR count). The van der Waals surface area contributed by atoms with Crippen molar-refractivity contribution in [2.75, 3.05) is 0 Å². The standard InChI is InChI=1S/2C16H25.2ClH.Zr/c2*1-14-12-13-15-10-8-6-4-2-3-5-7-9-11-16(14)15;;;/h2*11-13,15H,2-10H2,1H3;2*1H;/q2*-1;;;+4/p-2. The maximum Gasteiger partial charge on any atom is 4.00 e. The second-order valence-corrected chi connectivity index (χ2v) is 10.7. The quantitative estimate of drug-likeness (QED) is 0.363.